The molecule has 0 spiro atoms. The molecule has 1 atom stereocenters. The molecule has 0 aliphatic carbocycles. The van der Waals surface area contributed by atoms with Gasteiger partial charge in [-0.25, -0.2) is 0 Å². The van der Waals surface area contributed by atoms with Crippen molar-refractivity contribution in [1.29, 1.82) is 0 Å². The van der Waals surface area contributed by atoms with Crippen LogP contribution >= 0.6 is 0 Å². The van der Waals surface area contributed by atoms with E-state index in [0.717, 1.165) is 19.4 Å². The minimum absolute atomic E-state index is 0.657. The van der Waals surface area contributed by atoms with Gasteiger partial charge in [-0.2, -0.15) is 0 Å². The molecule has 0 amide bonds. The van der Waals surface area contributed by atoms with Crippen molar-refractivity contribution >= 4 is 0 Å². The molecule has 1 heteroatoms. The first-order chi connectivity index (χ1) is 7.31. The number of nitrogens with one attached hydrogen (secondary N) is 1. The molecule has 1 unspecified atom stereocenters. The van der Waals surface area contributed by atoms with Crippen LogP contribution in [0.1, 0.15) is 65.2 Å². The van der Waals surface area contributed by atoms with E-state index in [1.165, 1.54) is 38.5 Å². The lowest BCUT2D eigenvalue weighted by molar-refractivity contribution is 0.477. The second kappa shape index (κ2) is 11.6. The first-order valence-electron chi connectivity index (χ1n) is 6.48. The zero-order valence-electron chi connectivity index (χ0n) is 10.5. The fourth-order valence-corrected chi connectivity index (χ4v) is 1.70. The largest absolute Gasteiger partial charge is 0.314 e. The van der Waals surface area contributed by atoms with E-state index in [1.54, 1.807) is 0 Å². The number of terminal acetylenes is 1. The number of rotatable bonds is 10. The van der Waals surface area contributed by atoms with Crippen LogP contribution in [0.15, 0.2) is 0 Å². The Morgan fingerprint density at radius 2 is 1.87 bits per heavy atom. The van der Waals surface area contributed by atoms with Gasteiger partial charge in [0.1, 0.15) is 0 Å². The molecule has 1 nitrogen and oxygen atoms in total. The summed E-state index contributed by atoms with van der Waals surface area (Å²) in [6.45, 7) is 5.60. The molecule has 0 aliphatic heterocycles. The molecule has 15 heavy (non-hydrogen) atoms. The van der Waals surface area contributed by atoms with Crippen molar-refractivity contribution in [2.24, 2.45) is 0 Å². The van der Waals surface area contributed by atoms with Gasteiger partial charge in [-0.1, -0.05) is 39.0 Å². The fourth-order valence-electron chi connectivity index (χ4n) is 1.70. The smallest absolute Gasteiger partial charge is 0.00981 e. The zero-order chi connectivity index (χ0) is 11.4. The second-order valence-corrected chi connectivity index (χ2v) is 4.37. The standard InChI is InChI=1S/C14H27N/c1-4-6-8-9-10-12-14(3)15-13-11-7-5-2/h2,14-15H,4,6-13H2,1,3H3. The van der Waals surface area contributed by atoms with Crippen molar-refractivity contribution in [2.45, 2.75) is 71.3 Å². The Kier molecular flexibility index (Phi) is 11.2. The average molecular weight is 209 g/mol. The summed E-state index contributed by atoms with van der Waals surface area (Å²) in [4.78, 5) is 0. The van der Waals surface area contributed by atoms with Gasteiger partial charge in [0.25, 0.3) is 0 Å². The lowest BCUT2D eigenvalue weighted by Crippen LogP contribution is -2.26. The van der Waals surface area contributed by atoms with E-state index in [9.17, 15) is 0 Å². The summed E-state index contributed by atoms with van der Waals surface area (Å²) in [6, 6.07) is 0.657. The fraction of sp³-hybridized carbons (Fsp3) is 0.857. The van der Waals surface area contributed by atoms with Crippen molar-refractivity contribution in [3.05, 3.63) is 0 Å². The topological polar surface area (TPSA) is 12.0 Å². The molecule has 0 aromatic carbocycles. The number of hydrogen-bond donors (Lipinski definition) is 1. The maximum atomic E-state index is 5.19. The Morgan fingerprint density at radius 3 is 2.53 bits per heavy atom. The summed E-state index contributed by atoms with van der Waals surface area (Å²) in [5.41, 5.74) is 0. The molecule has 0 bridgehead atoms. The van der Waals surface area contributed by atoms with Crippen molar-refractivity contribution in [1.82, 2.24) is 5.32 Å². The first kappa shape index (κ1) is 14.5. The van der Waals surface area contributed by atoms with Crippen LogP contribution in [0, 0.1) is 12.3 Å². The highest BCUT2D eigenvalue weighted by molar-refractivity contribution is 4.83. The summed E-state index contributed by atoms with van der Waals surface area (Å²) in [7, 11) is 0. The molecule has 0 aliphatic rings. The van der Waals surface area contributed by atoms with Gasteiger partial charge in [0.05, 0.1) is 0 Å². The Hall–Kier alpha value is -0.480. The van der Waals surface area contributed by atoms with Crippen LogP contribution in [0.4, 0.5) is 0 Å². The van der Waals surface area contributed by atoms with Crippen LogP contribution in [-0.2, 0) is 0 Å². The van der Waals surface area contributed by atoms with E-state index in [2.05, 4.69) is 25.1 Å². The van der Waals surface area contributed by atoms with Crippen LogP contribution in [0.3, 0.4) is 0 Å². The highest BCUT2D eigenvalue weighted by atomic mass is 14.9. The quantitative estimate of drug-likeness (QED) is 0.427. The van der Waals surface area contributed by atoms with Crippen LogP contribution in [-0.4, -0.2) is 12.6 Å². The van der Waals surface area contributed by atoms with Gasteiger partial charge >= 0.3 is 0 Å². The Balaban J connectivity index is 3.12. The molecule has 88 valence electrons. The second-order valence-electron chi connectivity index (χ2n) is 4.37. The Bertz CT molecular complexity index is 157. The zero-order valence-corrected chi connectivity index (χ0v) is 10.5. The molecule has 0 heterocycles. The van der Waals surface area contributed by atoms with E-state index in [4.69, 9.17) is 6.42 Å². The average Bonchev–Trinajstić information content (AvgIpc) is 2.24. The summed E-state index contributed by atoms with van der Waals surface area (Å²) >= 11 is 0. The molecule has 0 radical (unpaired) electrons. The Morgan fingerprint density at radius 1 is 1.13 bits per heavy atom. The normalized spacial score (nSPS) is 12.3. The molecule has 0 aromatic rings. The van der Waals surface area contributed by atoms with Crippen molar-refractivity contribution in [3.63, 3.8) is 0 Å². The SMILES string of the molecule is C#CCCCNC(C)CCCCCCC. The minimum atomic E-state index is 0.657. The highest BCUT2D eigenvalue weighted by Gasteiger charge is 1.99. The summed E-state index contributed by atoms with van der Waals surface area (Å²) < 4.78 is 0. The summed E-state index contributed by atoms with van der Waals surface area (Å²) in [5, 5.41) is 3.51. The van der Waals surface area contributed by atoms with Gasteiger partial charge in [0.2, 0.25) is 0 Å². The third-order valence-electron chi connectivity index (χ3n) is 2.73. The van der Waals surface area contributed by atoms with Gasteiger partial charge in [0.15, 0.2) is 0 Å². The minimum Gasteiger partial charge on any atom is -0.314 e. The summed E-state index contributed by atoms with van der Waals surface area (Å²) in [5.74, 6) is 2.67. The van der Waals surface area contributed by atoms with E-state index in [-0.39, 0.29) is 0 Å². The molecule has 0 rings (SSSR count). The predicted octanol–water partition coefficient (Wildman–Crippen LogP) is 3.74. The third-order valence-corrected chi connectivity index (χ3v) is 2.73. The highest BCUT2D eigenvalue weighted by Crippen LogP contribution is 2.06. The maximum absolute atomic E-state index is 5.19. The van der Waals surface area contributed by atoms with Crippen molar-refractivity contribution in [2.75, 3.05) is 6.54 Å². The van der Waals surface area contributed by atoms with E-state index in [1.807, 2.05) is 0 Å². The lowest BCUT2D eigenvalue weighted by atomic mass is 10.1. The number of unbranched alkanes of at least 4 members (excludes halogenated alkanes) is 5. The van der Waals surface area contributed by atoms with Crippen molar-refractivity contribution in [3.8, 4) is 12.3 Å². The monoisotopic (exact) mass is 209 g/mol. The molecule has 0 aromatic heterocycles. The third kappa shape index (κ3) is 11.4. The molecular formula is C14H27N. The van der Waals surface area contributed by atoms with E-state index in [0.29, 0.717) is 6.04 Å². The summed E-state index contributed by atoms with van der Waals surface area (Å²) in [6.07, 6.45) is 15.4. The number of hydrogen-bond acceptors (Lipinski definition) is 1. The van der Waals surface area contributed by atoms with E-state index < -0.39 is 0 Å². The van der Waals surface area contributed by atoms with E-state index >= 15 is 0 Å². The lowest BCUT2D eigenvalue weighted by Gasteiger charge is -2.12. The molecule has 0 saturated heterocycles. The van der Waals surface area contributed by atoms with Gasteiger partial charge in [0, 0.05) is 12.5 Å². The first-order valence-corrected chi connectivity index (χ1v) is 6.48. The molecule has 0 fully saturated rings. The Labute approximate surface area is 96.0 Å². The van der Waals surface area contributed by atoms with Crippen molar-refractivity contribution < 1.29 is 0 Å². The maximum Gasteiger partial charge on any atom is 0.00981 e. The van der Waals surface area contributed by atoms with Gasteiger partial charge in [-0.3, -0.25) is 0 Å². The van der Waals surface area contributed by atoms with Crippen LogP contribution < -0.4 is 5.32 Å². The van der Waals surface area contributed by atoms with Crippen LogP contribution in [0.2, 0.25) is 0 Å². The molecule has 1 N–H and O–H groups in total. The van der Waals surface area contributed by atoms with Crippen LogP contribution in [0.5, 0.6) is 0 Å². The predicted molar refractivity (Wildman–Crippen MR) is 68.9 cm³/mol. The molecular weight excluding hydrogens is 182 g/mol. The van der Waals surface area contributed by atoms with Crippen LogP contribution in [0.25, 0.3) is 0 Å². The van der Waals surface area contributed by atoms with Gasteiger partial charge in [-0.15, -0.1) is 12.3 Å². The van der Waals surface area contributed by atoms with Gasteiger partial charge in [-0.05, 0) is 26.3 Å². The molecule has 0 saturated carbocycles. The van der Waals surface area contributed by atoms with Gasteiger partial charge < -0.3 is 5.32 Å².